The van der Waals surface area contributed by atoms with Gasteiger partial charge in [-0.3, -0.25) is 0 Å². The van der Waals surface area contributed by atoms with Crippen LogP contribution in [-0.4, -0.2) is 25.4 Å². The third kappa shape index (κ3) is 3.46. The Hall–Kier alpha value is -0.0800. The minimum Gasteiger partial charge on any atom is -0.382 e. The van der Waals surface area contributed by atoms with Crippen molar-refractivity contribution in [1.82, 2.24) is 0 Å². The topological polar surface area (TPSA) is 18.5 Å². The van der Waals surface area contributed by atoms with Gasteiger partial charge in [0.05, 0.1) is 18.3 Å². The molecule has 1 fully saturated rings. The molecule has 0 saturated carbocycles. The zero-order valence-electron chi connectivity index (χ0n) is 11.1. The molecule has 2 atom stereocenters. The second-order valence-corrected chi connectivity index (χ2v) is 6.22. The molecule has 90 valence electrons. The van der Waals surface area contributed by atoms with Crippen molar-refractivity contribution in [2.75, 3.05) is 13.7 Å². The van der Waals surface area contributed by atoms with Crippen LogP contribution in [0.25, 0.3) is 0 Å². The van der Waals surface area contributed by atoms with Crippen LogP contribution < -0.4 is 0 Å². The number of hydrogen-bond donors (Lipinski definition) is 0. The van der Waals surface area contributed by atoms with Gasteiger partial charge < -0.3 is 9.47 Å². The van der Waals surface area contributed by atoms with Gasteiger partial charge in [-0.05, 0) is 44.9 Å². The zero-order chi connectivity index (χ0) is 11.7. The molecule has 1 rings (SSSR count). The van der Waals surface area contributed by atoms with Crippen molar-refractivity contribution < 1.29 is 9.47 Å². The summed E-state index contributed by atoms with van der Waals surface area (Å²) in [5.74, 6) is 0.691. The predicted molar refractivity (Wildman–Crippen MR) is 63.0 cm³/mol. The van der Waals surface area contributed by atoms with Crippen LogP contribution in [0, 0.1) is 11.3 Å². The maximum Gasteiger partial charge on any atom is 0.0629 e. The Labute approximate surface area is 94.3 Å². The molecule has 15 heavy (non-hydrogen) atoms. The molecule has 1 aliphatic heterocycles. The third-order valence-corrected chi connectivity index (χ3v) is 3.70. The summed E-state index contributed by atoms with van der Waals surface area (Å²) in [5, 5.41) is 0. The largest absolute Gasteiger partial charge is 0.382 e. The Bertz CT molecular complexity index is 209. The highest BCUT2D eigenvalue weighted by Crippen LogP contribution is 2.42. The van der Waals surface area contributed by atoms with Gasteiger partial charge in [-0.2, -0.15) is 0 Å². The molecule has 0 bridgehead atoms. The Balaban J connectivity index is 2.64. The summed E-state index contributed by atoms with van der Waals surface area (Å²) in [5.41, 5.74) is 0.315. The minimum atomic E-state index is 0.0354. The molecule has 0 aromatic carbocycles. The molecular formula is C13H26O2. The first-order chi connectivity index (χ1) is 6.77. The molecule has 1 aliphatic rings. The number of rotatable bonds is 3. The first-order valence-electron chi connectivity index (χ1n) is 5.93. The van der Waals surface area contributed by atoms with Gasteiger partial charge in [0, 0.05) is 7.11 Å². The van der Waals surface area contributed by atoms with E-state index in [-0.39, 0.29) is 11.0 Å². The minimum absolute atomic E-state index is 0.0354. The molecule has 0 N–H and O–H groups in total. The highest BCUT2D eigenvalue weighted by atomic mass is 16.5. The summed E-state index contributed by atoms with van der Waals surface area (Å²) in [6, 6.07) is 0. The maximum absolute atomic E-state index is 5.89. The standard InChI is InChI=1S/C13H26O2/c1-10(14-6)7-11-8-13(4,5)15-9-12(11,2)3/h10-11H,7-9H2,1-6H3/t10-,11+/m0/s1. The second-order valence-electron chi connectivity index (χ2n) is 6.22. The maximum atomic E-state index is 5.89. The third-order valence-electron chi connectivity index (χ3n) is 3.70. The molecule has 1 heterocycles. The van der Waals surface area contributed by atoms with Crippen LogP contribution in [-0.2, 0) is 9.47 Å². The van der Waals surface area contributed by atoms with Gasteiger partial charge in [-0.1, -0.05) is 13.8 Å². The smallest absolute Gasteiger partial charge is 0.0629 e. The van der Waals surface area contributed by atoms with Crippen LogP contribution in [0.4, 0.5) is 0 Å². The van der Waals surface area contributed by atoms with Gasteiger partial charge in [0.25, 0.3) is 0 Å². The van der Waals surface area contributed by atoms with Crippen molar-refractivity contribution >= 4 is 0 Å². The van der Waals surface area contributed by atoms with E-state index in [0.29, 0.717) is 12.0 Å². The molecule has 0 aromatic rings. The van der Waals surface area contributed by atoms with Crippen LogP contribution >= 0.6 is 0 Å². The molecule has 0 unspecified atom stereocenters. The molecular weight excluding hydrogens is 188 g/mol. The van der Waals surface area contributed by atoms with E-state index >= 15 is 0 Å². The number of ether oxygens (including phenoxy) is 2. The Morgan fingerprint density at radius 3 is 2.47 bits per heavy atom. The molecule has 2 nitrogen and oxygen atoms in total. The lowest BCUT2D eigenvalue weighted by molar-refractivity contribution is -0.140. The van der Waals surface area contributed by atoms with Crippen molar-refractivity contribution in [3.8, 4) is 0 Å². The van der Waals surface area contributed by atoms with Gasteiger partial charge in [0.1, 0.15) is 0 Å². The first kappa shape index (κ1) is 13.0. The highest BCUT2D eigenvalue weighted by Gasteiger charge is 2.41. The molecule has 0 radical (unpaired) electrons. The van der Waals surface area contributed by atoms with Crippen LogP contribution in [0.15, 0.2) is 0 Å². The summed E-state index contributed by atoms with van der Waals surface area (Å²) in [7, 11) is 1.79. The summed E-state index contributed by atoms with van der Waals surface area (Å²) < 4.78 is 11.3. The molecule has 0 aromatic heterocycles. The normalized spacial score (nSPS) is 31.2. The van der Waals surface area contributed by atoms with Crippen LogP contribution in [0.1, 0.15) is 47.5 Å². The predicted octanol–water partition coefficient (Wildman–Crippen LogP) is 3.25. The van der Waals surface area contributed by atoms with E-state index in [2.05, 4.69) is 34.6 Å². The monoisotopic (exact) mass is 214 g/mol. The van der Waals surface area contributed by atoms with E-state index in [9.17, 15) is 0 Å². The summed E-state index contributed by atoms with van der Waals surface area (Å²) in [6.07, 6.45) is 2.62. The van der Waals surface area contributed by atoms with Crippen LogP contribution in [0.2, 0.25) is 0 Å². The first-order valence-corrected chi connectivity index (χ1v) is 5.93. The van der Waals surface area contributed by atoms with E-state index in [0.717, 1.165) is 19.4 Å². The Morgan fingerprint density at radius 1 is 1.33 bits per heavy atom. The van der Waals surface area contributed by atoms with Crippen molar-refractivity contribution in [2.45, 2.75) is 59.2 Å². The molecule has 2 heteroatoms. The van der Waals surface area contributed by atoms with Gasteiger partial charge in [-0.15, -0.1) is 0 Å². The van der Waals surface area contributed by atoms with Gasteiger partial charge in [-0.25, -0.2) is 0 Å². The summed E-state index contributed by atoms with van der Waals surface area (Å²) >= 11 is 0. The quantitative estimate of drug-likeness (QED) is 0.718. The lowest BCUT2D eigenvalue weighted by Gasteiger charge is -2.46. The molecule has 1 saturated heterocycles. The summed E-state index contributed by atoms with van der Waals surface area (Å²) in [4.78, 5) is 0. The number of hydrogen-bond acceptors (Lipinski definition) is 2. The van der Waals surface area contributed by atoms with Gasteiger partial charge in [0.2, 0.25) is 0 Å². The average Bonchev–Trinajstić information content (AvgIpc) is 2.12. The van der Waals surface area contributed by atoms with Crippen molar-refractivity contribution in [3.63, 3.8) is 0 Å². The fourth-order valence-corrected chi connectivity index (χ4v) is 2.33. The lowest BCUT2D eigenvalue weighted by atomic mass is 9.69. The van der Waals surface area contributed by atoms with E-state index in [4.69, 9.17) is 9.47 Å². The second kappa shape index (κ2) is 4.42. The highest BCUT2D eigenvalue weighted by molar-refractivity contribution is 4.90. The van der Waals surface area contributed by atoms with Crippen LogP contribution in [0.5, 0.6) is 0 Å². The SMILES string of the molecule is CO[C@@H](C)C[C@@H]1CC(C)(C)OCC1(C)C. The van der Waals surface area contributed by atoms with E-state index in [1.165, 1.54) is 0 Å². The lowest BCUT2D eigenvalue weighted by Crippen LogP contribution is -2.45. The van der Waals surface area contributed by atoms with E-state index < -0.39 is 0 Å². The molecule has 0 aliphatic carbocycles. The zero-order valence-corrected chi connectivity index (χ0v) is 11.1. The summed E-state index contributed by atoms with van der Waals surface area (Å²) in [6.45, 7) is 12.0. The Morgan fingerprint density at radius 2 is 1.93 bits per heavy atom. The van der Waals surface area contributed by atoms with E-state index in [1.807, 2.05) is 0 Å². The van der Waals surface area contributed by atoms with Gasteiger partial charge >= 0.3 is 0 Å². The molecule has 0 amide bonds. The van der Waals surface area contributed by atoms with Crippen molar-refractivity contribution in [1.29, 1.82) is 0 Å². The number of methoxy groups -OCH3 is 1. The van der Waals surface area contributed by atoms with E-state index in [1.54, 1.807) is 7.11 Å². The Kier molecular flexibility index (Phi) is 3.83. The molecule has 0 spiro atoms. The average molecular weight is 214 g/mol. The van der Waals surface area contributed by atoms with Crippen molar-refractivity contribution in [2.24, 2.45) is 11.3 Å². The van der Waals surface area contributed by atoms with Crippen molar-refractivity contribution in [3.05, 3.63) is 0 Å². The van der Waals surface area contributed by atoms with Crippen LogP contribution in [0.3, 0.4) is 0 Å². The fraction of sp³-hybridized carbons (Fsp3) is 1.00. The fourth-order valence-electron chi connectivity index (χ4n) is 2.33. The van der Waals surface area contributed by atoms with Gasteiger partial charge in [0.15, 0.2) is 0 Å².